The van der Waals surface area contributed by atoms with Crippen molar-refractivity contribution in [2.45, 2.75) is 32.9 Å². The highest BCUT2D eigenvalue weighted by atomic mass is 19.1. The average Bonchev–Trinajstić information content (AvgIpc) is 3.23. The third kappa shape index (κ3) is 3.46. The van der Waals surface area contributed by atoms with Crippen LogP contribution in [0, 0.1) is 18.7 Å². The Bertz CT molecular complexity index is 868. The molecule has 4 rings (SSSR count). The van der Waals surface area contributed by atoms with E-state index in [4.69, 9.17) is 0 Å². The van der Waals surface area contributed by atoms with E-state index in [1.807, 2.05) is 25.3 Å². The summed E-state index contributed by atoms with van der Waals surface area (Å²) in [6, 6.07) is 8.40. The predicted molar refractivity (Wildman–Crippen MR) is 91.8 cm³/mol. The predicted octanol–water partition coefficient (Wildman–Crippen LogP) is 2.26. The first kappa shape index (κ1) is 16.0. The van der Waals surface area contributed by atoms with Gasteiger partial charge in [0.1, 0.15) is 17.5 Å². The van der Waals surface area contributed by atoms with Crippen LogP contribution in [0.25, 0.3) is 5.69 Å². The van der Waals surface area contributed by atoms with Crippen molar-refractivity contribution in [3.05, 3.63) is 59.7 Å². The molecule has 0 saturated carbocycles. The molecule has 0 bridgehead atoms. The Labute approximate surface area is 145 Å². The summed E-state index contributed by atoms with van der Waals surface area (Å²) in [5.74, 6) is 2.41. The maximum Gasteiger partial charge on any atom is 0.133 e. The topological polar surface area (TPSA) is 60.6 Å². The number of rotatable bonds is 5. The molecule has 2 aromatic heterocycles. The lowest BCUT2D eigenvalue weighted by molar-refractivity contribution is 0.343. The normalized spacial score (nSPS) is 16.8. The minimum atomic E-state index is -0.256. The molecule has 0 saturated heterocycles. The highest BCUT2D eigenvalue weighted by molar-refractivity contribution is 5.31. The van der Waals surface area contributed by atoms with Gasteiger partial charge in [-0.15, -0.1) is 10.2 Å². The lowest BCUT2D eigenvalue weighted by atomic mass is 9.99. The Morgan fingerprint density at radius 2 is 2.20 bits per heavy atom. The minimum absolute atomic E-state index is 0.256. The summed E-state index contributed by atoms with van der Waals surface area (Å²) < 4.78 is 17.2. The molecule has 0 aliphatic carbocycles. The molecule has 1 aromatic carbocycles. The second kappa shape index (κ2) is 6.76. The second-order valence-electron chi connectivity index (χ2n) is 6.54. The van der Waals surface area contributed by atoms with Gasteiger partial charge >= 0.3 is 0 Å². The lowest BCUT2D eigenvalue weighted by Crippen LogP contribution is -2.30. The quantitative estimate of drug-likeness (QED) is 0.774. The van der Waals surface area contributed by atoms with Crippen molar-refractivity contribution in [3.8, 4) is 5.69 Å². The van der Waals surface area contributed by atoms with Crippen molar-refractivity contribution in [1.82, 2.24) is 29.9 Å². The van der Waals surface area contributed by atoms with Crippen molar-refractivity contribution in [2.24, 2.45) is 5.92 Å². The van der Waals surface area contributed by atoms with Gasteiger partial charge in [-0.2, -0.15) is 5.10 Å². The average molecular weight is 340 g/mol. The Hall–Kier alpha value is -2.54. The summed E-state index contributed by atoms with van der Waals surface area (Å²) in [7, 11) is 0. The number of fused-ring (bicyclic) bond motifs is 1. The van der Waals surface area contributed by atoms with Gasteiger partial charge in [0.25, 0.3) is 0 Å². The first-order valence-electron chi connectivity index (χ1n) is 8.59. The van der Waals surface area contributed by atoms with E-state index in [9.17, 15) is 4.39 Å². The summed E-state index contributed by atoms with van der Waals surface area (Å²) >= 11 is 0. The zero-order valence-electron chi connectivity index (χ0n) is 14.2. The Balaban J connectivity index is 1.32. The van der Waals surface area contributed by atoms with Crippen molar-refractivity contribution in [3.63, 3.8) is 0 Å². The fourth-order valence-electron chi connectivity index (χ4n) is 3.32. The van der Waals surface area contributed by atoms with Gasteiger partial charge in [-0.3, -0.25) is 0 Å². The molecular weight excluding hydrogens is 319 g/mol. The van der Waals surface area contributed by atoms with Crippen LogP contribution in [0.15, 0.2) is 36.5 Å². The molecule has 130 valence electrons. The number of halogens is 1. The molecule has 0 amide bonds. The zero-order valence-corrected chi connectivity index (χ0v) is 14.2. The van der Waals surface area contributed by atoms with Gasteiger partial charge in [0, 0.05) is 32.3 Å². The smallest absolute Gasteiger partial charge is 0.133 e. The zero-order chi connectivity index (χ0) is 17.2. The van der Waals surface area contributed by atoms with Gasteiger partial charge in [-0.1, -0.05) is 6.07 Å². The molecular formula is C18H21FN6. The molecule has 6 nitrogen and oxygen atoms in total. The number of hydrogen-bond donors (Lipinski definition) is 1. The molecule has 0 fully saturated rings. The molecule has 0 radical (unpaired) electrons. The number of nitrogens with one attached hydrogen (secondary N) is 1. The van der Waals surface area contributed by atoms with E-state index in [-0.39, 0.29) is 5.82 Å². The van der Waals surface area contributed by atoms with Crippen LogP contribution in [0.4, 0.5) is 4.39 Å². The Kier molecular flexibility index (Phi) is 4.31. The van der Waals surface area contributed by atoms with E-state index in [1.165, 1.54) is 12.1 Å². The summed E-state index contributed by atoms with van der Waals surface area (Å²) in [5.41, 5.74) is 1.68. The minimum Gasteiger partial charge on any atom is -0.315 e. The fraction of sp³-hybridized carbons (Fsp3) is 0.389. The van der Waals surface area contributed by atoms with Crippen molar-refractivity contribution in [1.29, 1.82) is 0 Å². The molecule has 1 aliphatic heterocycles. The van der Waals surface area contributed by atoms with Crippen LogP contribution in [-0.4, -0.2) is 31.1 Å². The SMILES string of the molecule is Cc1nnc2n1CC(CNCc1ccn(-c3cccc(F)c3)n1)CC2. The van der Waals surface area contributed by atoms with Crippen LogP contribution in [0.5, 0.6) is 0 Å². The Morgan fingerprint density at radius 3 is 3.08 bits per heavy atom. The molecule has 25 heavy (non-hydrogen) atoms. The van der Waals surface area contributed by atoms with E-state index in [1.54, 1.807) is 10.7 Å². The largest absolute Gasteiger partial charge is 0.315 e. The second-order valence-corrected chi connectivity index (χ2v) is 6.54. The lowest BCUT2D eigenvalue weighted by Gasteiger charge is -2.24. The molecule has 3 aromatic rings. The van der Waals surface area contributed by atoms with Gasteiger partial charge in [-0.25, -0.2) is 9.07 Å². The van der Waals surface area contributed by atoms with Gasteiger partial charge < -0.3 is 9.88 Å². The molecule has 1 N–H and O–H groups in total. The van der Waals surface area contributed by atoms with Crippen LogP contribution < -0.4 is 5.32 Å². The van der Waals surface area contributed by atoms with Gasteiger partial charge in [0.05, 0.1) is 11.4 Å². The third-order valence-corrected chi connectivity index (χ3v) is 4.69. The van der Waals surface area contributed by atoms with Crippen molar-refractivity contribution >= 4 is 0 Å². The Morgan fingerprint density at radius 1 is 1.28 bits per heavy atom. The van der Waals surface area contributed by atoms with Crippen molar-refractivity contribution in [2.75, 3.05) is 6.54 Å². The van der Waals surface area contributed by atoms with E-state index >= 15 is 0 Å². The van der Waals surface area contributed by atoms with Crippen molar-refractivity contribution < 1.29 is 4.39 Å². The summed E-state index contributed by atoms with van der Waals surface area (Å²) in [6.45, 7) is 4.61. The molecule has 1 atom stereocenters. The number of hydrogen-bond acceptors (Lipinski definition) is 4. The molecule has 0 spiro atoms. The van der Waals surface area contributed by atoms with E-state index in [0.29, 0.717) is 12.5 Å². The van der Waals surface area contributed by atoms with Crippen LogP contribution in [0.1, 0.15) is 23.8 Å². The summed E-state index contributed by atoms with van der Waals surface area (Å²) in [5, 5.41) is 16.4. The summed E-state index contributed by atoms with van der Waals surface area (Å²) in [4.78, 5) is 0. The van der Waals surface area contributed by atoms with Crippen LogP contribution in [0.3, 0.4) is 0 Å². The monoisotopic (exact) mass is 340 g/mol. The van der Waals surface area contributed by atoms with E-state index in [2.05, 4.69) is 25.2 Å². The van der Waals surface area contributed by atoms with Gasteiger partial charge in [0.2, 0.25) is 0 Å². The molecule has 3 heterocycles. The molecule has 1 aliphatic rings. The number of nitrogens with zero attached hydrogens (tertiary/aromatic N) is 5. The van der Waals surface area contributed by atoms with Crippen LogP contribution in [-0.2, 0) is 19.5 Å². The molecule has 1 unspecified atom stereocenters. The van der Waals surface area contributed by atoms with Crippen LogP contribution >= 0.6 is 0 Å². The van der Waals surface area contributed by atoms with E-state index in [0.717, 1.165) is 49.0 Å². The highest BCUT2D eigenvalue weighted by Crippen LogP contribution is 2.19. The molecule has 7 heteroatoms. The number of benzene rings is 1. The first-order chi connectivity index (χ1) is 12.2. The summed E-state index contributed by atoms with van der Waals surface area (Å²) in [6.07, 6.45) is 3.98. The van der Waals surface area contributed by atoms with Gasteiger partial charge in [0.15, 0.2) is 0 Å². The maximum atomic E-state index is 13.3. The van der Waals surface area contributed by atoms with E-state index < -0.39 is 0 Å². The number of aromatic nitrogens is 5. The highest BCUT2D eigenvalue weighted by Gasteiger charge is 2.21. The maximum absolute atomic E-state index is 13.3. The van der Waals surface area contributed by atoms with Gasteiger partial charge in [-0.05, 0) is 43.5 Å². The number of aryl methyl sites for hydroxylation is 2. The fourth-order valence-corrected chi connectivity index (χ4v) is 3.32. The standard InChI is InChI=1S/C18H21FN6/c1-13-21-22-18-6-5-14(12-24(13)18)10-20-11-16-7-8-25(23-16)17-4-2-3-15(19)9-17/h2-4,7-9,14,20H,5-6,10-12H2,1H3. The first-order valence-corrected chi connectivity index (χ1v) is 8.59. The third-order valence-electron chi connectivity index (χ3n) is 4.69. The van der Waals surface area contributed by atoms with Crippen LogP contribution in [0.2, 0.25) is 0 Å².